The zero-order chi connectivity index (χ0) is 25.8. The Bertz CT molecular complexity index is 1620. The number of aryl methyl sites for hydroxylation is 1. The third kappa shape index (κ3) is 3.88. The number of aromatic nitrogens is 4. The van der Waals surface area contributed by atoms with Crippen molar-refractivity contribution in [2.45, 2.75) is 31.4 Å². The van der Waals surface area contributed by atoms with Crippen LogP contribution in [0.1, 0.15) is 24.1 Å². The van der Waals surface area contributed by atoms with Crippen LogP contribution in [0.2, 0.25) is 5.02 Å². The molecule has 2 aromatic carbocycles. The highest BCUT2D eigenvalue weighted by Gasteiger charge is 2.47. The van der Waals surface area contributed by atoms with Crippen LogP contribution in [0.15, 0.2) is 35.3 Å². The second kappa shape index (κ2) is 8.65. The lowest BCUT2D eigenvalue weighted by Crippen LogP contribution is -2.43. The van der Waals surface area contributed by atoms with E-state index in [1.165, 1.54) is 10.9 Å². The molecule has 5 rings (SSSR count). The van der Waals surface area contributed by atoms with Crippen molar-refractivity contribution in [3.8, 4) is 34.2 Å². The van der Waals surface area contributed by atoms with Crippen molar-refractivity contribution in [1.82, 2.24) is 20.0 Å². The molecule has 0 atom stereocenters. The van der Waals surface area contributed by atoms with Gasteiger partial charge in [0.15, 0.2) is 5.82 Å². The van der Waals surface area contributed by atoms with E-state index in [4.69, 9.17) is 22.1 Å². The molecule has 2 heterocycles. The molecule has 3 N–H and O–H groups in total. The molecule has 0 unspecified atom stereocenters. The molecule has 1 aliphatic carbocycles. The molecule has 0 bridgehead atoms. The van der Waals surface area contributed by atoms with Gasteiger partial charge in [0.25, 0.3) is 11.5 Å². The topological polar surface area (TPSA) is 123 Å². The average molecular weight is 515 g/mol. The normalized spacial score (nSPS) is 15.0. The smallest absolute Gasteiger partial charge is 0.272 e. The number of aromatic amines is 1. The molecule has 8 nitrogen and oxygen atoms in total. The third-order valence-electron chi connectivity index (χ3n) is 6.19. The number of ether oxygens (including phenoxy) is 1. The number of hydrogen-bond donors (Lipinski definition) is 2. The number of benzene rings is 2. The molecule has 12 heteroatoms. The zero-order valence-electron chi connectivity index (χ0n) is 18.8. The first kappa shape index (κ1) is 23.8. The van der Waals surface area contributed by atoms with Crippen LogP contribution in [0.25, 0.3) is 33.2 Å². The Morgan fingerprint density at radius 3 is 2.75 bits per heavy atom. The van der Waals surface area contributed by atoms with Crippen LogP contribution in [0.4, 0.5) is 13.2 Å². The predicted molar refractivity (Wildman–Crippen MR) is 126 cm³/mol. The summed E-state index contributed by atoms with van der Waals surface area (Å²) in [6.07, 6.45) is -0.360. The number of alkyl halides is 2. The summed E-state index contributed by atoms with van der Waals surface area (Å²) in [4.78, 5) is 12.2. The highest BCUT2D eigenvalue weighted by molar-refractivity contribution is 6.31. The van der Waals surface area contributed by atoms with Crippen LogP contribution < -0.4 is 16.0 Å². The summed E-state index contributed by atoms with van der Waals surface area (Å²) in [6.45, 7) is 0.0685. The molecule has 0 saturated heterocycles. The molecule has 2 aromatic heterocycles. The zero-order valence-corrected chi connectivity index (χ0v) is 19.5. The van der Waals surface area contributed by atoms with E-state index in [9.17, 15) is 18.8 Å². The SMILES string of the molecule is Cn1ncc(-c2ccc3c(=O)[nH]nc(CN)c3c2)c1-c1c(F)c(Cl)cc(OC2CC(F)(F)C2)c1C#N. The van der Waals surface area contributed by atoms with E-state index < -0.39 is 36.2 Å². The van der Waals surface area contributed by atoms with Gasteiger partial charge < -0.3 is 10.5 Å². The largest absolute Gasteiger partial charge is 0.488 e. The monoisotopic (exact) mass is 514 g/mol. The van der Waals surface area contributed by atoms with Gasteiger partial charge in [-0.15, -0.1) is 0 Å². The van der Waals surface area contributed by atoms with E-state index in [0.717, 1.165) is 6.07 Å². The van der Waals surface area contributed by atoms with E-state index in [1.807, 2.05) is 6.07 Å². The maximum atomic E-state index is 15.5. The molecular weight excluding hydrogens is 497 g/mol. The second-order valence-electron chi connectivity index (χ2n) is 8.53. The number of nitrogens with one attached hydrogen (secondary N) is 1. The molecule has 0 amide bonds. The minimum atomic E-state index is -2.84. The molecule has 4 aromatic rings. The average Bonchev–Trinajstić information content (AvgIpc) is 3.20. The Morgan fingerprint density at radius 2 is 2.08 bits per heavy atom. The minimum Gasteiger partial charge on any atom is -0.488 e. The van der Waals surface area contributed by atoms with Gasteiger partial charge >= 0.3 is 0 Å². The van der Waals surface area contributed by atoms with E-state index in [1.54, 1.807) is 25.2 Å². The molecule has 0 radical (unpaired) electrons. The van der Waals surface area contributed by atoms with E-state index >= 15 is 4.39 Å². The van der Waals surface area contributed by atoms with Crippen LogP contribution in [-0.4, -0.2) is 32.0 Å². The summed E-state index contributed by atoms with van der Waals surface area (Å²) >= 11 is 6.15. The van der Waals surface area contributed by atoms with E-state index in [-0.39, 0.29) is 34.1 Å². The number of H-pyrrole nitrogens is 1. The first-order valence-corrected chi connectivity index (χ1v) is 11.2. The van der Waals surface area contributed by atoms with E-state index in [0.29, 0.717) is 27.6 Å². The van der Waals surface area contributed by atoms with Crippen molar-refractivity contribution >= 4 is 22.4 Å². The van der Waals surface area contributed by atoms with Gasteiger partial charge in [0.2, 0.25) is 0 Å². The van der Waals surface area contributed by atoms with E-state index in [2.05, 4.69) is 15.3 Å². The summed E-state index contributed by atoms with van der Waals surface area (Å²) in [5, 5.41) is 21.1. The molecule has 0 aliphatic heterocycles. The molecular formula is C24H18ClF3N6O2. The van der Waals surface area contributed by atoms with Gasteiger partial charge in [-0.2, -0.15) is 15.5 Å². The first-order valence-electron chi connectivity index (χ1n) is 10.8. The predicted octanol–water partition coefficient (Wildman–Crippen LogP) is 4.29. The number of hydrogen-bond acceptors (Lipinski definition) is 6. The van der Waals surface area contributed by atoms with Crippen molar-refractivity contribution < 1.29 is 17.9 Å². The lowest BCUT2D eigenvalue weighted by molar-refractivity contribution is -0.134. The highest BCUT2D eigenvalue weighted by Crippen LogP contribution is 2.45. The molecule has 36 heavy (non-hydrogen) atoms. The van der Waals surface area contributed by atoms with Gasteiger partial charge in [0.05, 0.1) is 33.6 Å². The highest BCUT2D eigenvalue weighted by atomic mass is 35.5. The maximum Gasteiger partial charge on any atom is 0.272 e. The summed E-state index contributed by atoms with van der Waals surface area (Å²) in [5.41, 5.74) is 6.67. The number of nitriles is 1. The third-order valence-corrected chi connectivity index (χ3v) is 6.46. The number of nitrogens with zero attached hydrogens (tertiary/aromatic N) is 4. The fraction of sp³-hybridized carbons (Fsp3) is 0.250. The van der Waals surface area contributed by atoms with Crippen molar-refractivity contribution in [3.05, 3.63) is 62.9 Å². The van der Waals surface area contributed by atoms with Crippen molar-refractivity contribution in [2.75, 3.05) is 0 Å². The fourth-order valence-electron chi connectivity index (χ4n) is 4.39. The number of halogens is 4. The Labute approximate surface area is 207 Å². The van der Waals surface area contributed by atoms with Gasteiger partial charge in [-0.05, 0) is 17.7 Å². The van der Waals surface area contributed by atoms with Gasteiger partial charge in [0, 0.05) is 43.5 Å². The van der Waals surface area contributed by atoms with Crippen molar-refractivity contribution in [1.29, 1.82) is 5.26 Å². The van der Waals surface area contributed by atoms with Gasteiger partial charge in [-0.3, -0.25) is 9.48 Å². The number of fused-ring (bicyclic) bond motifs is 1. The Kier molecular flexibility index (Phi) is 5.73. The fourth-order valence-corrected chi connectivity index (χ4v) is 4.58. The Morgan fingerprint density at radius 1 is 1.33 bits per heavy atom. The van der Waals surface area contributed by atoms with Gasteiger partial charge in [-0.1, -0.05) is 17.7 Å². The maximum absolute atomic E-state index is 15.5. The van der Waals surface area contributed by atoms with Crippen molar-refractivity contribution in [2.24, 2.45) is 12.8 Å². The van der Waals surface area contributed by atoms with Gasteiger partial charge in [-0.25, -0.2) is 18.3 Å². The quantitative estimate of drug-likeness (QED) is 0.409. The Hall–Kier alpha value is -3.88. The van der Waals surface area contributed by atoms with Crippen LogP contribution >= 0.6 is 11.6 Å². The molecule has 1 saturated carbocycles. The Balaban J connectivity index is 1.69. The summed E-state index contributed by atoms with van der Waals surface area (Å²) < 4.78 is 49.1. The molecule has 1 aliphatic rings. The second-order valence-corrected chi connectivity index (χ2v) is 8.94. The van der Waals surface area contributed by atoms with Gasteiger partial charge in [0.1, 0.15) is 23.5 Å². The molecule has 1 fully saturated rings. The standard InChI is InChI=1S/C24H18ClF3N6O2/c1-34-22(16(10-31-34)11-2-3-13-14(4-11)18(9-30)32-33-23(13)35)20-15(8-29)19(5-17(25)21(20)26)36-12-6-24(27,28)7-12/h2-5,10,12H,6-7,9,30H2,1H3,(H,33,35). The molecule has 184 valence electrons. The number of nitrogens with two attached hydrogens (primary N) is 1. The minimum absolute atomic E-state index is 0.0685. The lowest BCUT2D eigenvalue weighted by atomic mass is 9.90. The summed E-state index contributed by atoms with van der Waals surface area (Å²) in [7, 11) is 1.56. The van der Waals surface area contributed by atoms with Crippen LogP contribution in [0.5, 0.6) is 5.75 Å². The number of rotatable bonds is 5. The molecule has 0 spiro atoms. The lowest BCUT2D eigenvalue weighted by Gasteiger charge is -2.35. The van der Waals surface area contributed by atoms with Crippen LogP contribution in [0, 0.1) is 17.1 Å². The summed E-state index contributed by atoms with van der Waals surface area (Å²) in [6, 6.07) is 7.98. The van der Waals surface area contributed by atoms with Crippen LogP contribution in [0.3, 0.4) is 0 Å². The first-order chi connectivity index (χ1) is 17.1. The summed E-state index contributed by atoms with van der Waals surface area (Å²) in [5.74, 6) is -3.81. The van der Waals surface area contributed by atoms with Crippen molar-refractivity contribution in [3.63, 3.8) is 0 Å². The van der Waals surface area contributed by atoms with Crippen LogP contribution in [-0.2, 0) is 13.6 Å².